The molecule has 0 bridgehead atoms. The summed E-state index contributed by atoms with van der Waals surface area (Å²) < 4.78 is 19.7. The van der Waals surface area contributed by atoms with E-state index in [1.807, 2.05) is 6.92 Å². The Kier molecular flexibility index (Phi) is 6.69. The topological polar surface area (TPSA) is 102 Å². The van der Waals surface area contributed by atoms with E-state index in [-0.39, 0.29) is 15.5 Å². The van der Waals surface area contributed by atoms with E-state index in [0.29, 0.717) is 29.2 Å². The Morgan fingerprint density at radius 1 is 1.09 bits per heavy atom. The lowest BCUT2D eigenvalue weighted by molar-refractivity contribution is 0.0989. The first-order chi connectivity index (χ1) is 16.4. The molecule has 174 valence electrons. The first-order valence-corrected chi connectivity index (χ1v) is 11.3. The van der Waals surface area contributed by atoms with E-state index < -0.39 is 23.2 Å². The molecule has 0 aliphatic rings. The number of aryl methyl sites for hydroxylation is 1. The summed E-state index contributed by atoms with van der Waals surface area (Å²) in [6, 6.07) is 13.4. The average Bonchev–Trinajstić information content (AvgIpc) is 3.21. The van der Waals surface area contributed by atoms with Gasteiger partial charge in [-0.25, -0.2) is 13.8 Å². The Hall–Kier alpha value is -4.05. The van der Waals surface area contributed by atoms with Crippen LogP contribution in [-0.2, 0) is 6.42 Å². The minimum Gasteiger partial charge on any atom is -0.495 e. The van der Waals surface area contributed by atoms with Gasteiger partial charge in [0, 0.05) is 17.4 Å². The molecule has 4 aromatic rings. The number of aromatic nitrogens is 2. The van der Waals surface area contributed by atoms with Crippen LogP contribution in [0.3, 0.4) is 0 Å². The molecule has 2 N–H and O–H groups in total. The number of rotatable bonds is 7. The number of benzene rings is 2. The standard InChI is InChI=1S/C24H21FN4O4S/c1-3-6-16-13-19(30)29-20(22(31)28-17-7-4-5-8-18(17)33-2)21(34-24(29)27-16)23(32)26-15-11-9-14(25)10-12-15/h4-5,7-13H,3,6H2,1-2H3,(H,26,32)(H,28,31). The number of hydrogen-bond acceptors (Lipinski definition) is 6. The molecule has 4 rings (SSSR count). The van der Waals surface area contributed by atoms with Crippen molar-refractivity contribution in [3.8, 4) is 5.75 Å². The fourth-order valence-electron chi connectivity index (χ4n) is 3.42. The molecule has 0 aliphatic heterocycles. The van der Waals surface area contributed by atoms with Gasteiger partial charge in [0.05, 0.1) is 12.8 Å². The summed E-state index contributed by atoms with van der Waals surface area (Å²) >= 11 is 0.931. The van der Waals surface area contributed by atoms with E-state index in [0.717, 1.165) is 22.2 Å². The smallest absolute Gasteiger partial charge is 0.274 e. The van der Waals surface area contributed by atoms with Crippen LogP contribution in [0.5, 0.6) is 5.75 Å². The maximum atomic E-state index is 13.4. The summed E-state index contributed by atoms with van der Waals surface area (Å²) in [7, 11) is 1.47. The molecule has 2 heterocycles. The summed E-state index contributed by atoms with van der Waals surface area (Å²) in [5, 5.41) is 5.36. The normalized spacial score (nSPS) is 10.8. The SMILES string of the molecule is CCCc1cc(=O)n2c(C(=O)Nc3ccccc3OC)c(C(=O)Nc3ccc(F)cc3)sc2n1. The third-order valence-corrected chi connectivity index (χ3v) is 6.00. The number of methoxy groups -OCH3 is 1. The van der Waals surface area contributed by atoms with Gasteiger partial charge in [-0.3, -0.25) is 14.4 Å². The van der Waals surface area contributed by atoms with Gasteiger partial charge in [0.15, 0.2) is 4.96 Å². The number of halogens is 1. The van der Waals surface area contributed by atoms with Gasteiger partial charge in [-0.1, -0.05) is 36.8 Å². The lowest BCUT2D eigenvalue weighted by Gasteiger charge is -2.11. The van der Waals surface area contributed by atoms with Gasteiger partial charge in [-0.2, -0.15) is 0 Å². The number of nitrogens with one attached hydrogen (secondary N) is 2. The molecule has 2 amide bonds. The van der Waals surface area contributed by atoms with Crippen LogP contribution in [-0.4, -0.2) is 28.3 Å². The molecule has 34 heavy (non-hydrogen) atoms. The predicted molar refractivity (Wildman–Crippen MR) is 129 cm³/mol. The van der Waals surface area contributed by atoms with Crippen molar-refractivity contribution in [2.75, 3.05) is 17.7 Å². The number of para-hydroxylation sites is 2. The van der Waals surface area contributed by atoms with Gasteiger partial charge in [0.2, 0.25) is 0 Å². The number of hydrogen-bond donors (Lipinski definition) is 2. The maximum Gasteiger partial charge on any atom is 0.274 e. The van der Waals surface area contributed by atoms with Gasteiger partial charge in [0.25, 0.3) is 17.4 Å². The lowest BCUT2D eigenvalue weighted by Crippen LogP contribution is -2.25. The molecule has 0 saturated carbocycles. The zero-order valence-electron chi connectivity index (χ0n) is 18.4. The predicted octanol–water partition coefficient (Wildman–Crippen LogP) is 4.36. The molecular formula is C24H21FN4O4S. The van der Waals surface area contributed by atoms with Gasteiger partial charge >= 0.3 is 0 Å². The Morgan fingerprint density at radius 2 is 1.82 bits per heavy atom. The Morgan fingerprint density at radius 3 is 2.53 bits per heavy atom. The number of fused-ring (bicyclic) bond motifs is 1. The molecule has 2 aromatic carbocycles. The second-order valence-electron chi connectivity index (χ2n) is 7.35. The van der Waals surface area contributed by atoms with Crippen molar-refractivity contribution in [2.24, 2.45) is 0 Å². The van der Waals surface area contributed by atoms with Gasteiger partial charge < -0.3 is 15.4 Å². The highest BCUT2D eigenvalue weighted by atomic mass is 32.1. The average molecular weight is 481 g/mol. The second-order valence-corrected chi connectivity index (χ2v) is 8.33. The van der Waals surface area contributed by atoms with Crippen molar-refractivity contribution in [1.29, 1.82) is 0 Å². The molecule has 8 nitrogen and oxygen atoms in total. The molecule has 0 aliphatic carbocycles. The largest absolute Gasteiger partial charge is 0.495 e. The Bertz CT molecular complexity index is 1430. The van der Waals surface area contributed by atoms with Gasteiger partial charge in [-0.05, 0) is 42.8 Å². The van der Waals surface area contributed by atoms with Crippen molar-refractivity contribution in [3.05, 3.63) is 87.0 Å². The van der Waals surface area contributed by atoms with E-state index in [1.54, 1.807) is 24.3 Å². The second kappa shape index (κ2) is 9.84. The number of amides is 2. The highest BCUT2D eigenvalue weighted by molar-refractivity contribution is 7.19. The molecule has 2 aromatic heterocycles. The number of anilines is 2. The zero-order chi connectivity index (χ0) is 24.2. The van der Waals surface area contributed by atoms with E-state index in [4.69, 9.17) is 4.74 Å². The number of carbonyl (C=O) groups is 2. The highest BCUT2D eigenvalue weighted by Crippen LogP contribution is 2.27. The van der Waals surface area contributed by atoms with Crippen molar-refractivity contribution >= 4 is 39.5 Å². The van der Waals surface area contributed by atoms with Gasteiger partial charge in [-0.15, -0.1) is 0 Å². The minimum atomic E-state index is -0.674. The molecule has 0 atom stereocenters. The van der Waals surface area contributed by atoms with E-state index in [9.17, 15) is 18.8 Å². The van der Waals surface area contributed by atoms with Crippen LogP contribution in [0.25, 0.3) is 4.96 Å². The molecule has 0 radical (unpaired) electrons. The summed E-state index contributed by atoms with van der Waals surface area (Å²) in [5.74, 6) is -1.32. The van der Waals surface area contributed by atoms with E-state index >= 15 is 0 Å². The summed E-state index contributed by atoms with van der Waals surface area (Å²) in [5.41, 5.74) is 0.687. The summed E-state index contributed by atoms with van der Waals surface area (Å²) in [6.45, 7) is 1.96. The monoisotopic (exact) mass is 480 g/mol. The molecule has 0 spiro atoms. The highest BCUT2D eigenvalue weighted by Gasteiger charge is 2.27. The van der Waals surface area contributed by atoms with Crippen LogP contribution < -0.4 is 20.9 Å². The van der Waals surface area contributed by atoms with Crippen LogP contribution in [0.15, 0.2) is 59.4 Å². The number of ether oxygens (including phenoxy) is 1. The summed E-state index contributed by atoms with van der Waals surface area (Å²) in [6.07, 6.45) is 1.37. The van der Waals surface area contributed by atoms with E-state index in [1.165, 1.54) is 37.4 Å². The van der Waals surface area contributed by atoms with Crippen molar-refractivity contribution < 1.29 is 18.7 Å². The number of nitrogens with zero attached hydrogens (tertiary/aromatic N) is 2. The molecule has 0 fully saturated rings. The van der Waals surface area contributed by atoms with Crippen LogP contribution in [0.1, 0.15) is 39.2 Å². The van der Waals surface area contributed by atoms with Crippen molar-refractivity contribution in [3.63, 3.8) is 0 Å². The third-order valence-electron chi connectivity index (χ3n) is 4.96. The quantitative estimate of drug-likeness (QED) is 0.409. The molecular weight excluding hydrogens is 459 g/mol. The molecule has 0 unspecified atom stereocenters. The van der Waals surface area contributed by atoms with E-state index in [2.05, 4.69) is 15.6 Å². The fraction of sp³-hybridized carbons (Fsp3) is 0.167. The number of carbonyl (C=O) groups excluding carboxylic acids is 2. The summed E-state index contributed by atoms with van der Waals surface area (Å²) in [4.78, 5) is 44.2. The number of thiazole rings is 1. The first-order valence-electron chi connectivity index (χ1n) is 10.5. The van der Waals surface area contributed by atoms with Gasteiger partial charge in [0.1, 0.15) is 22.1 Å². The zero-order valence-corrected chi connectivity index (χ0v) is 19.2. The third kappa shape index (κ3) is 4.67. The fourth-order valence-corrected chi connectivity index (χ4v) is 4.46. The maximum absolute atomic E-state index is 13.4. The van der Waals surface area contributed by atoms with Crippen LogP contribution in [0.2, 0.25) is 0 Å². The van der Waals surface area contributed by atoms with Crippen LogP contribution >= 0.6 is 11.3 Å². The minimum absolute atomic E-state index is 0.00466. The van der Waals surface area contributed by atoms with Crippen LogP contribution in [0.4, 0.5) is 15.8 Å². The van der Waals surface area contributed by atoms with Crippen molar-refractivity contribution in [2.45, 2.75) is 19.8 Å². The Balaban J connectivity index is 1.81. The molecule has 0 saturated heterocycles. The van der Waals surface area contributed by atoms with Crippen molar-refractivity contribution in [1.82, 2.24) is 9.38 Å². The Labute approximate surface area is 198 Å². The molecule has 10 heteroatoms. The van der Waals surface area contributed by atoms with Crippen LogP contribution in [0, 0.1) is 5.82 Å². The first kappa shape index (κ1) is 23.1. The lowest BCUT2D eigenvalue weighted by atomic mass is 10.2.